The molecule has 0 aliphatic rings. The van der Waals surface area contributed by atoms with Crippen molar-refractivity contribution < 1.29 is 9.59 Å². The van der Waals surface area contributed by atoms with Crippen molar-refractivity contribution >= 4 is 17.5 Å². The Labute approximate surface area is 148 Å². The highest BCUT2D eigenvalue weighted by molar-refractivity contribution is 5.97. The highest BCUT2D eigenvalue weighted by Gasteiger charge is 2.17. The summed E-state index contributed by atoms with van der Waals surface area (Å²) in [4.78, 5) is 24.1. The minimum atomic E-state index is -0.555. The summed E-state index contributed by atoms with van der Waals surface area (Å²) in [5.41, 5.74) is 8.18. The maximum absolute atomic E-state index is 12.1. The van der Waals surface area contributed by atoms with Gasteiger partial charge in [0.25, 0.3) is 5.91 Å². The van der Waals surface area contributed by atoms with Gasteiger partial charge in [0.15, 0.2) is 0 Å². The Morgan fingerprint density at radius 2 is 1.64 bits per heavy atom. The molecule has 2 rings (SSSR count). The normalized spacial score (nSPS) is 11.8. The molecule has 5 nitrogen and oxygen atoms in total. The fourth-order valence-corrected chi connectivity index (χ4v) is 2.30. The van der Waals surface area contributed by atoms with E-state index in [1.807, 2.05) is 44.2 Å². The highest BCUT2D eigenvalue weighted by Crippen LogP contribution is 2.11. The molecule has 132 valence electrons. The second-order valence-corrected chi connectivity index (χ2v) is 6.33. The molecule has 0 aliphatic carbocycles. The number of carbonyl (C=O) groups excluding carboxylic acids is 2. The van der Waals surface area contributed by atoms with Crippen LogP contribution in [0.5, 0.6) is 0 Å². The fraction of sp³-hybridized carbons (Fsp3) is 0.300. The smallest absolute Gasteiger partial charge is 0.251 e. The van der Waals surface area contributed by atoms with Crippen molar-refractivity contribution in [2.24, 2.45) is 11.7 Å². The van der Waals surface area contributed by atoms with E-state index >= 15 is 0 Å². The first-order valence-electron chi connectivity index (χ1n) is 8.46. The van der Waals surface area contributed by atoms with E-state index in [-0.39, 0.29) is 17.7 Å². The predicted molar refractivity (Wildman–Crippen MR) is 100 cm³/mol. The average molecular weight is 339 g/mol. The summed E-state index contributed by atoms with van der Waals surface area (Å²) in [5.74, 6) is -0.294. The zero-order valence-electron chi connectivity index (χ0n) is 14.7. The van der Waals surface area contributed by atoms with E-state index in [1.165, 1.54) is 5.56 Å². The van der Waals surface area contributed by atoms with Gasteiger partial charge in [-0.15, -0.1) is 0 Å². The van der Waals surface area contributed by atoms with Crippen molar-refractivity contribution in [3.05, 3.63) is 65.7 Å². The van der Waals surface area contributed by atoms with Crippen LogP contribution in [-0.4, -0.2) is 24.4 Å². The first-order chi connectivity index (χ1) is 12.0. The second-order valence-electron chi connectivity index (χ2n) is 6.33. The quantitative estimate of drug-likeness (QED) is 0.725. The van der Waals surface area contributed by atoms with Crippen LogP contribution >= 0.6 is 0 Å². The Balaban J connectivity index is 1.84. The van der Waals surface area contributed by atoms with Gasteiger partial charge in [-0.1, -0.05) is 44.2 Å². The molecule has 5 heteroatoms. The summed E-state index contributed by atoms with van der Waals surface area (Å²) >= 11 is 0. The number of amides is 2. The molecule has 4 N–H and O–H groups in total. The molecule has 0 fully saturated rings. The first kappa shape index (κ1) is 18.7. The van der Waals surface area contributed by atoms with E-state index in [4.69, 9.17) is 5.73 Å². The van der Waals surface area contributed by atoms with Gasteiger partial charge in [0.05, 0.1) is 6.04 Å². The molecule has 0 bridgehead atoms. The van der Waals surface area contributed by atoms with E-state index in [1.54, 1.807) is 24.3 Å². The van der Waals surface area contributed by atoms with E-state index < -0.39 is 6.04 Å². The Kier molecular flexibility index (Phi) is 6.71. The fourth-order valence-electron chi connectivity index (χ4n) is 2.30. The van der Waals surface area contributed by atoms with Crippen molar-refractivity contribution in [3.63, 3.8) is 0 Å². The minimum absolute atomic E-state index is 0.0645. The number of benzene rings is 2. The maximum Gasteiger partial charge on any atom is 0.251 e. The summed E-state index contributed by atoms with van der Waals surface area (Å²) < 4.78 is 0. The Morgan fingerprint density at radius 1 is 1.00 bits per heavy atom. The largest absolute Gasteiger partial charge is 0.352 e. The molecule has 0 heterocycles. The van der Waals surface area contributed by atoms with Gasteiger partial charge < -0.3 is 16.4 Å². The van der Waals surface area contributed by atoms with Crippen molar-refractivity contribution in [1.82, 2.24) is 5.32 Å². The van der Waals surface area contributed by atoms with Crippen molar-refractivity contribution in [2.45, 2.75) is 26.3 Å². The van der Waals surface area contributed by atoms with Gasteiger partial charge in [0.1, 0.15) is 0 Å². The summed E-state index contributed by atoms with van der Waals surface area (Å²) in [6.45, 7) is 4.37. The van der Waals surface area contributed by atoms with Gasteiger partial charge in [-0.25, -0.2) is 0 Å². The standard InChI is InChI=1S/C20H25N3O2/c1-14(2)18(21)20(25)23-17-10-8-16(9-11-17)19(24)22-13-12-15-6-4-3-5-7-15/h3-11,14,18H,12-13,21H2,1-2H3,(H,22,24)(H,23,25)/t18-/m0/s1. The average Bonchev–Trinajstić information content (AvgIpc) is 2.62. The van der Waals surface area contributed by atoms with Gasteiger partial charge in [-0.3, -0.25) is 9.59 Å². The number of nitrogens with two attached hydrogens (primary N) is 1. The molecular formula is C20H25N3O2. The number of hydrogen-bond donors (Lipinski definition) is 3. The number of hydrogen-bond acceptors (Lipinski definition) is 3. The highest BCUT2D eigenvalue weighted by atomic mass is 16.2. The SMILES string of the molecule is CC(C)[C@H](N)C(=O)Nc1ccc(C(=O)NCCc2ccccc2)cc1. The molecule has 0 radical (unpaired) electrons. The van der Waals surface area contributed by atoms with Crippen LogP contribution in [0, 0.1) is 5.92 Å². The lowest BCUT2D eigenvalue weighted by Gasteiger charge is -2.15. The molecule has 2 amide bonds. The Hall–Kier alpha value is -2.66. The molecule has 0 aromatic heterocycles. The zero-order chi connectivity index (χ0) is 18.2. The van der Waals surface area contributed by atoms with Gasteiger partial charge in [-0.05, 0) is 42.2 Å². The molecule has 0 saturated carbocycles. The third kappa shape index (κ3) is 5.72. The molecule has 1 atom stereocenters. The molecular weight excluding hydrogens is 314 g/mol. The van der Waals surface area contributed by atoms with Crippen LogP contribution in [-0.2, 0) is 11.2 Å². The monoisotopic (exact) mass is 339 g/mol. The lowest BCUT2D eigenvalue weighted by Crippen LogP contribution is -2.39. The van der Waals surface area contributed by atoms with Crippen LogP contribution in [0.1, 0.15) is 29.8 Å². The number of rotatable bonds is 7. The van der Waals surface area contributed by atoms with Crippen LogP contribution < -0.4 is 16.4 Å². The zero-order valence-corrected chi connectivity index (χ0v) is 14.7. The molecule has 0 aliphatic heterocycles. The van der Waals surface area contributed by atoms with Crippen LogP contribution in [0.3, 0.4) is 0 Å². The number of nitrogens with one attached hydrogen (secondary N) is 2. The van der Waals surface area contributed by atoms with Crippen molar-refractivity contribution in [3.8, 4) is 0 Å². The molecule has 2 aromatic rings. The minimum Gasteiger partial charge on any atom is -0.352 e. The van der Waals surface area contributed by atoms with Crippen molar-refractivity contribution in [1.29, 1.82) is 0 Å². The van der Waals surface area contributed by atoms with E-state index in [0.29, 0.717) is 17.8 Å². The van der Waals surface area contributed by atoms with Gasteiger partial charge in [0.2, 0.25) is 5.91 Å². The molecule has 2 aromatic carbocycles. The number of carbonyl (C=O) groups is 2. The lowest BCUT2D eigenvalue weighted by atomic mass is 10.0. The first-order valence-corrected chi connectivity index (χ1v) is 8.46. The van der Waals surface area contributed by atoms with Crippen LogP contribution in [0.15, 0.2) is 54.6 Å². The third-order valence-corrected chi connectivity index (χ3v) is 3.98. The molecule has 0 saturated heterocycles. The van der Waals surface area contributed by atoms with E-state index in [0.717, 1.165) is 6.42 Å². The summed E-state index contributed by atoms with van der Waals surface area (Å²) in [7, 11) is 0. The molecule has 0 spiro atoms. The summed E-state index contributed by atoms with van der Waals surface area (Å²) in [6, 6.07) is 16.2. The van der Waals surface area contributed by atoms with Gasteiger partial charge in [-0.2, -0.15) is 0 Å². The Morgan fingerprint density at radius 3 is 2.24 bits per heavy atom. The van der Waals surface area contributed by atoms with Crippen LogP contribution in [0.2, 0.25) is 0 Å². The van der Waals surface area contributed by atoms with Crippen LogP contribution in [0.4, 0.5) is 5.69 Å². The van der Waals surface area contributed by atoms with Crippen molar-refractivity contribution in [2.75, 3.05) is 11.9 Å². The van der Waals surface area contributed by atoms with E-state index in [2.05, 4.69) is 10.6 Å². The molecule has 25 heavy (non-hydrogen) atoms. The predicted octanol–water partition coefficient (Wildman–Crippen LogP) is 2.58. The Bertz CT molecular complexity index is 697. The third-order valence-electron chi connectivity index (χ3n) is 3.98. The second kappa shape index (κ2) is 8.99. The topological polar surface area (TPSA) is 84.2 Å². The van der Waals surface area contributed by atoms with Gasteiger partial charge >= 0.3 is 0 Å². The lowest BCUT2D eigenvalue weighted by molar-refractivity contribution is -0.118. The van der Waals surface area contributed by atoms with Gasteiger partial charge in [0, 0.05) is 17.8 Å². The maximum atomic E-state index is 12.1. The summed E-state index contributed by atoms with van der Waals surface area (Å²) in [6.07, 6.45) is 0.786. The van der Waals surface area contributed by atoms with Crippen LogP contribution in [0.25, 0.3) is 0 Å². The van der Waals surface area contributed by atoms with E-state index in [9.17, 15) is 9.59 Å². The molecule has 0 unspecified atom stereocenters. The summed E-state index contributed by atoms with van der Waals surface area (Å²) in [5, 5.41) is 5.65. The number of anilines is 1.